The van der Waals surface area contributed by atoms with Crippen molar-refractivity contribution in [1.29, 1.82) is 0 Å². The number of carbonyl (C=O) groups is 3. The number of aliphatic imine (C=N–C) groups is 1. The second kappa shape index (κ2) is 24.6. The van der Waals surface area contributed by atoms with Crippen LogP contribution in [-0.2, 0) is 23.1 Å². The number of aryl methyl sites for hydroxylation is 1. The largest absolute Gasteiger partial charge is 0.390 e. The number of aromatic nitrogens is 10. The lowest BCUT2D eigenvalue weighted by atomic mass is 9.91. The number of nitrogens with zero attached hydrogens (tertiary/aromatic N) is 12. The molecule has 26 heteroatoms. The van der Waals surface area contributed by atoms with Gasteiger partial charge in [0.2, 0.25) is 17.8 Å². The van der Waals surface area contributed by atoms with E-state index in [1.165, 1.54) is 0 Å². The first-order valence-corrected chi connectivity index (χ1v) is 29.3. The van der Waals surface area contributed by atoms with E-state index >= 15 is 0 Å². The van der Waals surface area contributed by atoms with E-state index in [0.717, 1.165) is 29.7 Å². The number of fused-ring (bicyclic) bond motifs is 2. The number of benzene rings is 2. The highest BCUT2D eigenvalue weighted by Crippen LogP contribution is 2.41. The Hall–Kier alpha value is -8.17. The molecule has 0 radical (unpaired) electrons. The lowest BCUT2D eigenvalue weighted by Crippen LogP contribution is -2.48. The zero-order chi connectivity index (χ0) is 58.0. The van der Waals surface area contributed by atoms with Crippen LogP contribution < -0.4 is 42.1 Å². The molecule has 26 nitrogen and oxygen atoms in total. The summed E-state index contributed by atoms with van der Waals surface area (Å²) >= 11 is 0. The number of carbonyl (C=O) groups excluding carboxylic acids is 3. The Kier molecular flexibility index (Phi) is 16.5. The molecule has 84 heavy (non-hydrogen) atoms. The summed E-state index contributed by atoms with van der Waals surface area (Å²) in [6.07, 6.45) is 7.55. The lowest BCUT2D eigenvalue weighted by molar-refractivity contribution is -0.122. The van der Waals surface area contributed by atoms with Gasteiger partial charge in [-0.3, -0.25) is 19.9 Å². The van der Waals surface area contributed by atoms with Crippen LogP contribution in [0, 0.1) is 5.92 Å². The minimum atomic E-state index is -1.17. The summed E-state index contributed by atoms with van der Waals surface area (Å²) in [5.41, 5.74) is 5.50. The van der Waals surface area contributed by atoms with Crippen LogP contribution in [0.1, 0.15) is 93.1 Å². The summed E-state index contributed by atoms with van der Waals surface area (Å²) in [5.74, 6) is 1.11. The average molecular weight is 1150 g/mol. The molecule has 442 valence electrons. The minimum absolute atomic E-state index is 0.000701. The van der Waals surface area contributed by atoms with Crippen LogP contribution in [0.4, 0.5) is 28.3 Å². The highest BCUT2D eigenvalue weighted by molar-refractivity contribution is 6.29. The van der Waals surface area contributed by atoms with Gasteiger partial charge in [0.15, 0.2) is 40.2 Å². The number of amides is 3. The normalized spacial score (nSPS) is 26.9. The molecule has 0 bridgehead atoms. The fourth-order valence-electron chi connectivity index (χ4n) is 12.9. The summed E-state index contributed by atoms with van der Waals surface area (Å²) in [7, 11) is 1.92. The maximum Gasteiger partial charge on any atom is 0.315 e. The molecule has 0 spiro atoms. The third-order valence-electron chi connectivity index (χ3n) is 17.4. The topological polar surface area (TPSA) is 337 Å². The highest BCUT2D eigenvalue weighted by atomic mass is 16.3. The van der Waals surface area contributed by atoms with Crippen LogP contribution in [-0.4, -0.2) is 180 Å². The first kappa shape index (κ1) is 56.3. The molecule has 7 heterocycles. The van der Waals surface area contributed by atoms with Gasteiger partial charge in [-0.05, 0) is 56.1 Å². The number of aliphatic hydroxyl groups excluding tert-OH is 4. The van der Waals surface area contributed by atoms with E-state index in [-0.39, 0.29) is 48.8 Å². The van der Waals surface area contributed by atoms with E-state index < -0.39 is 54.6 Å². The summed E-state index contributed by atoms with van der Waals surface area (Å²) < 4.78 is 5.47. The monoisotopic (exact) mass is 1150 g/mol. The Morgan fingerprint density at radius 3 is 2.07 bits per heavy atom. The van der Waals surface area contributed by atoms with Crippen molar-refractivity contribution in [2.45, 2.75) is 137 Å². The Bertz CT molecular complexity index is 3440. The molecule has 7 aromatic rings. The van der Waals surface area contributed by atoms with Crippen LogP contribution in [0.2, 0.25) is 0 Å². The van der Waals surface area contributed by atoms with Gasteiger partial charge in [-0.2, -0.15) is 19.9 Å². The number of aldehydes is 1. The molecular weight excluding hydrogens is 1070 g/mol. The predicted octanol–water partition coefficient (Wildman–Crippen LogP) is 2.31. The van der Waals surface area contributed by atoms with E-state index in [1.54, 1.807) is 30.5 Å². The van der Waals surface area contributed by atoms with E-state index in [9.17, 15) is 34.8 Å². The van der Waals surface area contributed by atoms with E-state index in [1.807, 2.05) is 63.7 Å². The van der Waals surface area contributed by atoms with Crippen molar-refractivity contribution in [1.82, 2.24) is 69.9 Å². The van der Waals surface area contributed by atoms with Gasteiger partial charge in [0, 0.05) is 88.8 Å². The first-order chi connectivity index (χ1) is 40.9. The number of anilines is 4. The molecule has 11 N–H and O–H groups in total. The van der Waals surface area contributed by atoms with Crippen LogP contribution in [0.5, 0.6) is 0 Å². The SMILES string of the molecule is CCC(=O)N[C@H]1C[C@@H](n2cnc3c(NC4CCC(NC(=O)N[C@@H]5CCN(c6nc(NCC(c7ccccc7)c7ccccc7)c7ncn([C@@H]8C[C@H](C9N=C(C=O)CN9)[C@@H](O)[C@H]8O)c7n6)C5)CC4)nc(NCCc4cn(C)cn4)nc32)[C@H](O)[C@@H]1O. The van der Waals surface area contributed by atoms with E-state index in [4.69, 9.17) is 29.9 Å². The maximum atomic E-state index is 13.8. The van der Waals surface area contributed by atoms with Crippen molar-refractivity contribution in [2.24, 2.45) is 18.0 Å². The van der Waals surface area contributed by atoms with Crippen molar-refractivity contribution in [3.8, 4) is 0 Å². The second-order valence-corrected chi connectivity index (χ2v) is 22.9. The van der Waals surface area contributed by atoms with Crippen LogP contribution in [0.3, 0.4) is 0 Å². The zero-order valence-corrected chi connectivity index (χ0v) is 46.9. The summed E-state index contributed by atoms with van der Waals surface area (Å²) in [6.45, 7) is 4.02. The van der Waals surface area contributed by atoms with Gasteiger partial charge in [0.1, 0.15) is 24.5 Å². The molecule has 3 aliphatic carbocycles. The molecule has 5 aliphatic rings. The molecule has 10 atom stereocenters. The second-order valence-electron chi connectivity index (χ2n) is 22.9. The molecule has 2 aliphatic heterocycles. The van der Waals surface area contributed by atoms with Crippen LogP contribution in [0.25, 0.3) is 22.3 Å². The third kappa shape index (κ3) is 11.8. The van der Waals surface area contributed by atoms with E-state index in [0.29, 0.717) is 123 Å². The van der Waals surface area contributed by atoms with Crippen molar-refractivity contribution in [2.75, 3.05) is 53.6 Å². The molecule has 5 aromatic heterocycles. The van der Waals surface area contributed by atoms with E-state index in [2.05, 4.69) is 71.5 Å². The number of imidazole rings is 3. The van der Waals surface area contributed by atoms with Crippen molar-refractivity contribution in [3.63, 3.8) is 0 Å². The molecule has 12 rings (SSSR count). The van der Waals surface area contributed by atoms with Crippen LogP contribution >= 0.6 is 0 Å². The standard InChI is InChI=1S/C58H73N19O7/c1-3-44(79)69-41-23-43(50(83)48(41)81)77-31-64-46-53(70-56(72-54(46)77)59-20-18-36-26-74(2)29-62-36)65-34-14-16-35(17-15-34)67-58(84)68-37-19-21-75(27-37)57-71-52(61-25-40(32-10-6-4-7-11-32)33-12-8-5-9-13-33)45-55(73-57)76(30-63-45)42-22-39(47(80)49(42)82)51-60-24-38(28-78)66-51/h4-13,26,28-31,34-35,37,39-43,47-51,60,80-83H,3,14-25,27H2,1-2H3,(H,69,79)(H,61,71,73)(H2,67,68,84)(H2,59,65,70,72)/t34?,35?,37-,39+,41+,42-,43-,47-,48-,49+,50+,51?/m1/s1. The smallest absolute Gasteiger partial charge is 0.315 e. The van der Waals surface area contributed by atoms with Crippen molar-refractivity contribution >= 4 is 69.8 Å². The number of nitrogens with one attached hydrogen (secondary N) is 7. The summed E-state index contributed by atoms with van der Waals surface area (Å²) in [6, 6.07) is 18.2. The molecule has 3 saturated carbocycles. The minimum Gasteiger partial charge on any atom is -0.390 e. The van der Waals surface area contributed by atoms with Crippen molar-refractivity contribution < 1.29 is 34.8 Å². The summed E-state index contributed by atoms with van der Waals surface area (Å²) in [5, 5.41) is 68.3. The van der Waals surface area contributed by atoms with Gasteiger partial charge in [-0.25, -0.2) is 19.7 Å². The number of rotatable bonds is 20. The van der Waals surface area contributed by atoms with Gasteiger partial charge in [0.25, 0.3) is 0 Å². The fourth-order valence-corrected chi connectivity index (χ4v) is 12.9. The molecular formula is C58H73N19O7. The van der Waals surface area contributed by atoms with Gasteiger partial charge >= 0.3 is 6.03 Å². The first-order valence-electron chi connectivity index (χ1n) is 29.3. The zero-order valence-electron chi connectivity index (χ0n) is 46.9. The van der Waals surface area contributed by atoms with Gasteiger partial charge < -0.3 is 70.9 Å². The Morgan fingerprint density at radius 2 is 1.39 bits per heavy atom. The number of urea groups is 1. The highest BCUT2D eigenvalue weighted by Gasteiger charge is 2.48. The number of hydrogen-bond acceptors (Lipinski definition) is 20. The Morgan fingerprint density at radius 1 is 0.726 bits per heavy atom. The molecule has 2 aromatic carbocycles. The maximum absolute atomic E-state index is 13.8. The quantitative estimate of drug-likeness (QED) is 0.0488. The molecule has 1 unspecified atom stereocenters. The molecule has 4 fully saturated rings. The van der Waals surface area contributed by atoms with Gasteiger partial charge in [-0.15, -0.1) is 0 Å². The molecule has 1 saturated heterocycles. The number of hydrogen-bond donors (Lipinski definition) is 11. The molecule has 3 amide bonds. The van der Waals surface area contributed by atoms with Gasteiger partial charge in [0.05, 0.1) is 54.6 Å². The predicted molar refractivity (Wildman–Crippen MR) is 314 cm³/mol. The lowest BCUT2D eigenvalue weighted by Gasteiger charge is -2.30. The van der Waals surface area contributed by atoms with Crippen LogP contribution in [0.15, 0.2) is 90.8 Å². The number of aliphatic hydroxyl groups is 4. The third-order valence-corrected chi connectivity index (χ3v) is 17.4. The Balaban J connectivity index is 0.714. The van der Waals surface area contributed by atoms with Gasteiger partial charge in [-0.1, -0.05) is 67.6 Å². The summed E-state index contributed by atoms with van der Waals surface area (Å²) in [4.78, 5) is 78.1. The average Bonchev–Trinajstić information content (AvgIpc) is 2.39. The van der Waals surface area contributed by atoms with Crippen molar-refractivity contribution in [3.05, 3.63) is 103 Å². The fraction of sp³-hybridized carbons (Fsp3) is 0.500. The Labute approximate surface area is 484 Å².